The van der Waals surface area contributed by atoms with E-state index >= 15 is 0 Å². The molecule has 2 bridgehead atoms. The van der Waals surface area contributed by atoms with Crippen molar-refractivity contribution in [2.24, 2.45) is 11.7 Å². The number of anilines is 1. The van der Waals surface area contributed by atoms with E-state index in [1.807, 2.05) is 0 Å². The Balaban J connectivity index is 1.35. The van der Waals surface area contributed by atoms with E-state index in [0.717, 1.165) is 6.42 Å². The van der Waals surface area contributed by atoms with E-state index in [1.165, 1.54) is 18.4 Å². The molecule has 0 spiro atoms. The number of amides is 2. The monoisotopic (exact) mass is 448 g/mol. The van der Waals surface area contributed by atoms with Crippen molar-refractivity contribution in [3.63, 3.8) is 0 Å². The quantitative estimate of drug-likeness (QED) is 0.461. The van der Waals surface area contributed by atoms with Crippen molar-refractivity contribution in [1.82, 2.24) is 14.9 Å². The van der Waals surface area contributed by atoms with Crippen molar-refractivity contribution in [2.75, 3.05) is 24.5 Å². The number of likely N-dealkylation sites (tertiary alicyclic amines) is 1. The van der Waals surface area contributed by atoms with Gasteiger partial charge >= 0.3 is 0 Å². The summed E-state index contributed by atoms with van der Waals surface area (Å²) in [6.07, 6.45) is 5.50. The van der Waals surface area contributed by atoms with Crippen molar-refractivity contribution in [1.29, 1.82) is 0 Å². The van der Waals surface area contributed by atoms with Crippen molar-refractivity contribution < 1.29 is 18.9 Å². The third kappa shape index (κ3) is 3.77. The molecule has 33 heavy (non-hydrogen) atoms. The normalized spacial score (nSPS) is 19.5. The molecule has 1 aromatic carbocycles. The molecule has 0 radical (unpaired) electrons. The first kappa shape index (κ1) is 20.6. The molecule has 2 aliphatic heterocycles. The van der Waals surface area contributed by atoms with Crippen LogP contribution in [0.4, 0.5) is 11.4 Å². The van der Waals surface area contributed by atoms with Gasteiger partial charge in [0, 0.05) is 49.8 Å². The number of nitrogens with zero attached hydrogens (tertiary/aromatic N) is 5. The predicted octanol–water partition coefficient (Wildman–Crippen LogP) is 2.09. The number of oxazole rings is 1. The van der Waals surface area contributed by atoms with Gasteiger partial charge in [0.15, 0.2) is 5.69 Å². The molecule has 0 saturated carbocycles. The minimum atomic E-state index is -0.849. The molecule has 3 aromatic rings. The number of nitro groups is 1. The fourth-order valence-electron chi connectivity index (χ4n) is 4.66. The molecule has 2 fully saturated rings. The maximum Gasteiger partial charge on any atom is 0.282 e. The summed E-state index contributed by atoms with van der Waals surface area (Å²) in [4.78, 5) is 47.6. The van der Waals surface area contributed by atoms with Crippen LogP contribution < -0.4 is 10.6 Å². The van der Waals surface area contributed by atoms with Crippen LogP contribution >= 0.6 is 0 Å². The maximum absolute atomic E-state index is 13.1. The number of nitro benzene ring substituents is 1. The average molecular weight is 448 g/mol. The first-order chi connectivity index (χ1) is 15.9. The lowest BCUT2D eigenvalue weighted by Crippen LogP contribution is -2.45. The molecule has 2 N–H and O–H groups in total. The van der Waals surface area contributed by atoms with E-state index in [1.54, 1.807) is 35.5 Å². The highest BCUT2D eigenvalue weighted by Crippen LogP contribution is 2.36. The first-order valence-electron chi connectivity index (χ1n) is 10.4. The van der Waals surface area contributed by atoms with Gasteiger partial charge in [-0.2, -0.15) is 0 Å². The Morgan fingerprint density at radius 2 is 2.06 bits per heavy atom. The van der Waals surface area contributed by atoms with Crippen LogP contribution in [0.15, 0.2) is 53.4 Å². The summed E-state index contributed by atoms with van der Waals surface area (Å²) in [5, 5.41) is 11.2. The van der Waals surface area contributed by atoms with E-state index in [2.05, 4.69) is 14.9 Å². The molecule has 4 heterocycles. The Bertz CT molecular complexity index is 1240. The van der Waals surface area contributed by atoms with Crippen LogP contribution in [0.2, 0.25) is 0 Å². The van der Waals surface area contributed by atoms with E-state index < -0.39 is 10.8 Å². The molecular formula is C22H20N6O5. The zero-order valence-electron chi connectivity index (χ0n) is 17.5. The smallest absolute Gasteiger partial charge is 0.282 e. The SMILES string of the molecule is NC(=O)c1cc(N2CC3CC2CN(C(=O)c2coc(-c4cccnc4)n2)C3)ccc1[N+](=O)[O-]. The highest BCUT2D eigenvalue weighted by molar-refractivity contribution is 5.98. The van der Waals surface area contributed by atoms with Crippen LogP contribution in [0.25, 0.3) is 11.5 Å². The fourth-order valence-corrected chi connectivity index (χ4v) is 4.66. The molecule has 11 heteroatoms. The second-order valence-electron chi connectivity index (χ2n) is 8.22. The molecule has 168 valence electrons. The van der Waals surface area contributed by atoms with E-state index in [-0.39, 0.29) is 34.8 Å². The number of hydrogen-bond donors (Lipinski definition) is 1. The van der Waals surface area contributed by atoms with Gasteiger partial charge in [-0.1, -0.05) is 0 Å². The summed E-state index contributed by atoms with van der Waals surface area (Å²) in [6, 6.07) is 7.96. The van der Waals surface area contributed by atoms with Crippen LogP contribution in [-0.2, 0) is 0 Å². The number of aromatic nitrogens is 2. The number of hydrogen-bond acceptors (Lipinski definition) is 8. The number of nitrogens with two attached hydrogens (primary N) is 1. The van der Waals surface area contributed by atoms with Crippen LogP contribution in [0.1, 0.15) is 27.3 Å². The molecule has 2 atom stereocenters. The topological polar surface area (TPSA) is 149 Å². The minimum Gasteiger partial charge on any atom is -0.444 e. The number of primary amides is 1. The summed E-state index contributed by atoms with van der Waals surface area (Å²) in [5.41, 5.74) is 6.51. The molecular weight excluding hydrogens is 428 g/mol. The number of rotatable bonds is 5. The van der Waals surface area contributed by atoms with Crippen molar-refractivity contribution in [3.8, 4) is 11.5 Å². The predicted molar refractivity (Wildman–Crippen MR) is 116 cm³/mol. The van der Waals surface area contributed by atoms with E-state index in [4.69, 9.17) is 10.2 Å². The lowest BCUT2D eigenvalue weighted by molar-refractivity contribution is -0.385. The minimum absolute atomic E-state index is 0.0135. The zero-order chi connectivity index (χ0) is 23.1. The maximum atomic E-state index is 13.1. The van der Waals surface area contributed by atoms with Gasteiger partial charge in [-0.05, 0) is 36.6 Å². The summed E-state index contributed by atoms with van der Waals surface area (Å²) in [5.74, 6) is -0.507. The second kappa shape index (κ2) is 8.01. The highest BCUT2D eigenvalue weighted by Gasteiger charge is 2.41. The second-order valence-corrected chi connectivity index (χ2v) is 8.22. The molecule has 2 amide bonds. The number of carbonyl (C=O) groups excluding carboxylic acids is 2. The molecule has 2 aromatic heterocycles. The Kier molecular flexibility index (Phi) is 5.00. The van der Waals surface area contributed by atoms with Gasteiger partial charge in [-0.15, -0.1) is 0 Å². The van der Waals surface area contributed by atoms with E-state index in [0.29, 0.717) is 36.8 Å². The Morgan fingerprint density at radius 1 is 1.21 bits per heavy atom. The lowest BCUT2D eigenvalue weighted by atomic mass is 9.99. The summed E-state index contributed by atoms with van der Waals surface area (Å²) >= 11 is 0. The number of pyridine rings is 1. The Hall–Kier alpha value is -4.28. The van der Waals surface area contributed by atoms with Crippen LogP contribution in [0, 0.1) is 16.0 Å². The standard InChI is InChI=1S/C22H20N6O5/c23-20(29)17-7-15(3-4-19(17)28(31)32)27-10-13-6-16(27)11-26(9-13)22(30)18-12-33-21(25-18)14-2-1-5-24-8-14/h1-5,7-8,12-13,16H,6,9-11H2,(H2,23,29). The van der Waals surface area contributed by atoms with Gasteiger partial charge in [0.05, 0.1) is 10.5 Å². The molecule has 2 unspecified atom stereocenters. The third-order valence-corrected chi connectivity index (χ3v) is 6.10. The summed E-state index contributed by atoms with van der Waals surface area (Å²) < 4.78 is 5.48. The molecule has 5 rings (SSSR count). The van der Waals surface area contributed by atoms with Crippen LogP contribution in [0.5, 0.6) is 0 Å². The molecule has 11 nitrogen and oxygen atoms in total. The summed E-state index contributed by atoms with van der Waals surface area (Å²) in [6.45, 7) is 1.70. The average Bonchev–Trinajstić information content (AvgIpc) is 3.43. The molecule has 2 aliphatic rings. The summed E-state index contributed by atoms with van der Waals surface area (Å²) in [7, 11) is 0. The Morgan fingerprint density at radius 3 is 2.79 bits per heavy atom. The van der Waals surface area contributed by atoms with Gasteiger partial charge in [0.25, 0.3) is 17.5 Å². The van der Waals surface area contributed by atoms with Gasteiger partial charge < -0.3 is 20.0 Å². The molecule has 2 saturated heterocycles. The third-order valence-electron chi connectivity index (χ3n) is 6.10. The van der Waals surface area contributed by atoms with Crippen LogP contribution in [0.3, 0.4) is 0 Å². The van der Waals surface area contributed by atoms with E-state index in [9.17, 15) is 19.7 Å². The number of fused-ring (bicyclic) bond motifs is 2. The number of carbonyl (C=O) groups is 2. The number of piperidine rings is 1. The lowest BCUT2D eigenvalue weighted by Gasteiger charge is -2.33. The zero-order valence-corrected chi connectivity index (χ0v) is 17.5. The Labute approximate surface area is 188 Å². The fraction of sp³-hybridized carbons (Fsp3) is 0.273. The number of benzene rings is 1. The van der Waals surface area contributed by atoms with Gasteiger partial charge in [0.1, 0.15) is 11.8 Å². The van der Waals surface area contributed by atoms with Crippen molar-refractivity contribution >= 4 is 23.2 Å². The van der Waals surface area contributed by atoms with Gasteiger partial charge in [0.2, 0.25) is 5.89 Å². The molecule has 0 aliphatic carbocycles. The van der Waals surface area contributed by atoms with Crippen molar-refractivity contribution in [2.45, 2.75) is 12.5 Å². The highest BCUT2D eigenvalue weighted by atomic mass is 16.6. The largest absolute Gasteiger partial charge is 0.444 e. The van der Waals surface area contributed by atoms with Gasteiger partial charge in [-0.3, -0.25) is 24.7 Å². The van der Waals surface area contributed by atoms with Gasteiger partial charge in [-0.25, -0.2) is 4.98 Å². The van der Waals surface area contributed by atoms with Crippen LogP contribution in [-0.4, -0.2) is 57.3 Å². The first-order valence-corrected chi connectivity index (χ1v) is 10.4. The van der Waals surface area contributed by atoms with Crippen molar-refractivity contribution in [3.05, 3.63) is 70.4 Å².